The van der Waals surface area contributed by atoms with Gasteiger partial charge in [-0.25, -0.2) is 4.98 Å². The van der Waals surface area contributed by atoms with Crippen molar-refractivity contribution in [1.82, 2.24) is 10.3 Å². The number of nitrogens with one attached hydrogen (secondary N) is 1. The van der Waals surface area contributed by atoms with Crippen molar-refractivity contribution in [1.29, 1.82) is 0 Å². The van der Waals surface area contributed by atoms with E-state index < -0.39 is 0 Å². The third-order valence-electron chi connectivity index (χ3n) is 2.61. The van der Waals surface area contributed by atoms with E-state index in [0.29, 0.717) is 6.04 Å². The van der Waals surface area contributed by atoms with Gasteiger partial charge in [-0.2, -0.15) is 0 Å². The quantitative estimate of drug-likeness (QED) is 0.719. The SMILES string of the molecule is C=CCC[C@H](CC)NCc1scnc1C. The molecule has 0 radical (unpaired) electrons. The number of hydrogen-bond donors (Lipinski definition) is 1. The van der Waals surface area contributed by atoms with Gasteiger partial charge < -0.3 is 5.32 Å². The molecule has 0 saturated carbocycles. The van der Waals surface area contributed by atoms with Gasteiger partial charge in [-0.15, -0.1) is 17.9 Å². The topological polar surface area (TPSA) is 24.9 Å². The summed E-state index contributed by atoms with van der Waals surface area (Å²) >= 11 is 1.73. The molecule has 0 aliphatic carbocycles. The van der Waals surface area contributed by atoms with E-state index in [1.807, 2.05) is 11.6 Å². The van der Waals surface area contributed by atoms with Crippen molar-refractivity contribution in [2.75, 3.05) is 0 Å². The lowest BCUT2D eigenvalue weighted by Crippen LogP contribution is -2.27. The molecule has 1 heterocycles. The summed E-state index contributed by atoms with van der Waals surface area (Å²) in [5.74, 6) is 0. The molecular formula is C12H20N2S. The first-order chi connectivity index (χ1) is 7.27. The highest BCUT2D eigenvalue weighted by atomic mass is 32.1. The van der Waals surface area contributed by atoms with Crippen molar-refractivity contribution in [3.63, 3.8) is 0 Å². The minimum Gasteiger partial charge on any atom is -0.309 e. The summed E-state index contributed by atoms with van der Waals surface area (Å²) in [5.41, 5.74) is 3.07. The van der Waals surface area contributed by atoms with Gasteiger partial charge in [0.25, 0.3) is 0 Å². The van der Waals surface area contributed by atoms with E-state index in [9.17, 15) is 0 Å². The van der Waals surface area contributed by atoms with Crippen LogP contribution in [0.1, 0.15) is 36.8 Å². The molecule has 1 rings (SSSR count). The molecule has 0 bridgehead atoms. The van der Waals surface area contributed by atoms with Crippen molar-refractivity contribution < 1.29 is 0 Å². The van der Waals surface area contributed by atoms with Gasteiger partial charge in [0, 0.05) is 17.5 Å². The molecule has 1 aromatic rings. The summed E-state index contributed by atoms with van der Waals surface area (Å²) in [4.78, 5) is 5.60. The third kappa shape index (κ3) is 4.14. The molecule has 84 valence electrons. The number of hydrogen-bond acceptors (Lipinski definition) is 3. The first kappa shape index (κ1) is 12.4. The molecule has 0 saturated heterocycles. The Morgan fingerprint density at radius 2 is 2.47 bits per heavy atom. The lowest BCUT2D eigenvalue weighted by Gasteiger charge is -2.15. The second-order valence-corrected chi connectivity index (χ2v) is 4.65. The zero-order chi connectivity index (χ0) is 11.1. The number of aromatic nitrogens is 1. The van der Waals surface area contributed by atoms with Crippen LogP contribution in [0.3, 0.4) is 0 Å². The average Bonchev–Trinajstić information content (AvgIpc) is 2.65. The molecule has 0 aliphatic rings. The fourth-order valence-electron chi connectivity index (χ4n) is 1.50. The van der Waals surface area contributed by atoms with Crippen LogP contribution in [-0.2, 0) is 6.54 Å². The lowest BCUT2D eigenvalue weighted by atomic mass is 10.1. The fourth-order valence-corrected chi connectivity index (χ4v) is 2.23. The molecular weight excluding hydrogens is 204 g/mol. The third-order valence-corrected chi connectivity index (χ3v) is 3.54. The van der Waals surface area contributed by atoms with Gasteiger partial charge in [-0.3, -0.25) is 0 Å². The minimum absolute atomic E-state index is 0.601. The maximum Gasteiger partial charge on any atom is 0.0798 e. The molecule has 0 amide bonds. The molecule has 0 fully saturated rings. The monoisotopic (exact) mass is 224 g/mol. The zero-order valence-corrected chi connectivity index (χ0v) is 10.4. The van der Waals surface area contributed by atoms with Crippen LogP contribution in [0.5, 0.6) is 0 Å². The van der Waals surface area contributed by atoms with Crippen LogP contribution in [0.15, 0.2) is 18.2 Å². The molecule has 15 heavy (non-hydrogen) atoms. The van der Waals surface area contributed by atoms with Gasteiger partial charge in [-0.1, -0.05) is 13.0 Å². The zero-order valence-electron chi connectivity index (χ0n) is 9.62. The summed E-state index contributed by atoms with van der Waals surface area (Å²) in [5, 5.41) is 3.57. The summed E-state index contributed by atoms with van der Waals surface area (Å²) in [6.07, 6.45) is 5.43. The Balaban J connectivity index is 2.34. The van der Waals surface area contributed by atoms with Crippen LogP contribution >= 0.6 is 11.3 Å². The second-order valence-electron chi connectivity index (χ2n) is 3.71. The smallest absolute Gasteiger partial charge is 0.0798 e. The summed E-state index contributed by atoms with van der Waals surface area (Å²) in [6.45, 7) is 9.00. The van der Waals surface area contributed by atoms with E-state index in [-0.39, 0.29) is 0 Å². The number of nitrogens with zero attached hydrogens (tertiary/aromatic N) is 1. The maximum atomic E-state index is 4.24. The Hall–Kier alpha value is -0.670. The summed E-state index contributed by atoms with van der Waals surface area (Å²) < 4.78 is 0. The summed E-state index contributed by atoms with van der Waals surface area (Å²) in [7, 11) is 0. The van der Waals surface area contributed by atoms with E-state index in [0.717, 1.165) is 18.7 Å². The Morgan fingerprint density at radius 3 is 3.00 bits per heavy atom. The Kier molecular flexibility index (Phi) is 5.58. The molecule has 0 aromatic carbocycles. The number of thiazole rings is 1. The molecule has 3 heteroatoms. The second kappa shape index (κ2) is 6.75. The number of rotatable bonds is 7. The van der Waals surface area contributed by atoms with Gasteiger partial charge in [-0.05, 0) is 26.2 Å². The van der Waals surface area contributed by atoms with Crippen LogP contribution in [0.25, 0.3) is 0 Å². The van der Waals surface area contributed by atoms with Gasteiger partial charge in [0.2, 0.25) is 0 Å². The lowest BCUT2D eigenvalue weighted by molar-refractivity contribution is 0.472. The van der Waals surface area contributed by atoms with Crippen molar-refractivity contribution in [3.05, 3.63) is 28.7 Å². The van der Waals surface area contributed by atoms with Gasteiger partial charge in [0.15, 0.2) is 0 Å². The van der Waals surface area contributed by atoms with Crippen molar-refractivity contribution >= 4 is 11.3 Å². The van der Waals surface area contributed by atoms with Crippen molar-refractivity contribution in [2.45, 2.75) is 45.7 Å². The van der Waals surface area contributed by atoms with E-state index >= 15 is 0 Å². The highest BCUT2D eigenvalue weighted by Gasteiger charge is 2.06. The predicted molar refractivity (Wildman–Crippen MR) is 67.2 cm³/mol. The van der Waals surface area contributed by atoms with Crippen molar-refractivity contribution in [3.8, 4) is 0 Å². The van der Waals surface area contributed by atoms with Crippen LogP contribution in [0.2, 0.25) is 0 Å². The first-order valence-corrected chi connectivity index (χ1v) is 6.39. The van der Waals surface area contributed by atoms with Crippen LogP contribution in [0.4, 0.5) is 0 Å². The van der Waals surface area contributed by atoms with E-state index in [2.05, 4.69) is 30.7 Å². The van der Waals surface area contributed by atoms with E-state index in [1.54, 1.807) is 11.3 Å². The molecule has 1 atom stereocenters. The molecule has 1 aromatic heterocycles. The molecule has 0 spiro atoms. The van der Waals surface area contributed by atoms with Crippen molar-refractivity contribution in [2.24, 2.45) is 0 Å². The van der Waals surface area contributed by atoms with Gasteiger partial charge >= 0.3 is 0 Å². The normalized spacial score (nSPS) is 12.7. The highest BCUT2D eigenvalue weighted by molar-refractivity contribution is 7.09. The Morgan fingerprint density at radius 1 is 1.67 bits per heavy atom. The molecule has 1 N–H and O–H groups in total. The maximum absolute atomic E-state index is 4.24. The molecule has 0 unspecified atom stereocenters. The molecule has 0 aliphatic heterocycles. The van der Waals surface area contributed by atoms with Gasteiger partial charge in [0.1, 0.15) is 0 Å². The highest BCUT2D eigenvalue weighted by Crippen LogP contribution is 2.12. The van der Waals surface area contributed by atoms with Crippen LogP contribution in [-0.4, -0.2) is 11.0 Å². The van der Waals surface area contributed by atoms with E-state index in [1.165, 1.54) is 17.7 Å². The van der Waals surface area contributed by atoms with Crippen LogP contribution < -0.4 is 5.32 Å². The largest absolute Gasteiger partial charge is 0.309 e. The predicted octanol–water partition coefficient (Wildman–Crippen LogP) is 3.29. The number of aryl methyl sites for hydroxylation is 1. The summed E-state index contributed by atoms with van der Waals surface area (Å²) in [6, 6.07) is 0.601. The fraction of sp³-hybridized carbons (Fsp3) is 0.583. The molecule has 2 nitrogen and oxygen atoms in total. The van der Waals surface area contributed by atoms with Gasteiger partial charge in [0.05, 0.1) is 11.2 Å². The van der Waals surface area contributed by atoms with E-state index in [4.69, 9.17) is 0 Å². The Bertz CT molecular complexity index is 294. The first-order valence-electron chi connectivity index (χ1n) is 5.51. The average molecular weight is 224 g/mol. The van der Waals surface area contributed by atoms with Crippen LogP contribution in [0, 0.1) is 6.92 Å². The minimum atomic E-state index is 0.601. The number of allylic oxidation sites excluding steroid dienone is 1. The standard InChI is InChI=1S/C12H20N2S/c1-4-6-7-11(5-2)13-8-12-10(3)14-9-15-12/h4,9,11,13H,1,5-8H2,2-3H3/t11-/m0/s1. The Labute approximate surface area is 96.4 Å².